The second-order valence-electron chi connectivity index (χ2n) is 9.60. The number of aromatic carboxylic acids is 1. The second kappa shape index (κ2) is 15.7. The maximum absolute atomic E-state index is 12.9. The largest absolute Gasteiger partial charge is 0.478 e. The number of rotatable bonds is 13. The van der Waals surface area contributed by atoms with E-state index in [1.807, 2.05) is 6.92 Å². The molecule has 1 atom stereocenters. The molecule has 0 fully saturated rings. The van der Waals surface area contributed by atoms with E-state index in [9.17, 15) is 29.1 Å². The third-order valence-corrected chi connectivity index (χ3v) is 6.52. The third-order valence-electron chi connectivity index (χ3n) is 6.52. The zero-order chi connectivity index (χ0) is 30.5. The van der Waals surface area contributed by atoms with E-state index in [1.54, 1.807) is 72.8 Å². The van der Waals surface area contributed by atoms with Crippen LogP contribution >= 0.6 is 0 Å². The van der Waals surface area contributed by atoms with Crippen molar-refractivity contribution in [2.45, 2.75) is 39.2 Å². The zero-order valence-electron chi connectivity index (χ0n) is 23.2. The molecule has 0 aromatic heterocycles. The molecule has 0 bridgehead atoms. The Bertz CT molecular complexity index is 1390. The van der Waals surface area contributed by atoms with Crippen molar-refractivity contribution < 1.29 is 34.3 Å². The summed E-state index contributed by atoms with van der Waals surface area (Å²) >= 11 is 0. The lowest BCUT2D eigenvalue weighted by Gasteiger charge is -2.24. The highest BCUT2D eigenvalue weighted by atomic mass is 16.5. The molecule has 3 aromatic carbocycles. The number of carbonyl (C=O) groups excluding carboxylic acids is 4. The highest BCUT2D eigenvalue weighted by Crippen LogP contribution is 2.24. The monoisotopic (exact) mass is 574 g/mol. The summed E-state index contributed by atoms with van der Waals surface area (Å²) in [4.78, 5) is 62.1. The molecule has 5 N–H and O–H groups in total. The van der Waals surface area contributed by atoms with Gasteiger partial charge in [0.2, 0.25) is 11.8 Å². The smallest absolute Gasteiger partial charge is 0.336 e. The predicted molar refractivity (Wildman–Crippen MR) is 154 cm³/mol. The van der Waals surface area contributed by atoms with Crippen molar-refractivity contribution in [3.05, 3.63) is 95.6 Å². The number of hydrazine groups is 1. The molecule has 11 nitrogen and oxygen atoms in total. The Balaban J connectivity index is 1.67. The number of hydroxylamine groups is 1. The topological polar surface area (TPSA) is 165 Å². The Hall–Kier alpha value is -5.03. The van der Waals surface area contributed by atoms with Crippen LogP contribution in [-0.4, -0.2) is 51.5 Å². The number of carboxylic acid groups (broad SMARTS) is 1. The highest BCUT2D eigenvalue weighted by molar-refractivity contribution is 6.01. The molecule has 1 unspecified atom stereocenters. The average molecular weight is 575 g/mol. The van der Waals surface area contributed by atoms with Gasteiger partial charge in [-0.05, 0) is 41.2 Å². The first kappa shape index (κ1) is 31.5. The molecule has 0 heterocycles. The van der Waals surface area contributed by atoms with Crippen LogP contribution in [0.5, 0.6) is 0 Å². The third kappa shape index (κ3) is 9.00. The molecule has 3 aromatic rings. The Kier molecular flexibility index (Phi) is 11.8. The SMILES string of the molecule is CCCCC(=O)N(Cc1ccc(-c2ccccc2C(=O)O)cc1)NC(=O)CNC(=O)C(Cc1ccccc1)C(=O)NO. The molecule has 0 spiro atoms. The summed E-state index contributed by atoms with van der Waals surface area (Å²) in [6.07, 6.45) is 1.60. The lowest BCUT2D eigenvalue weighted by molar-refractivity contribution is -0.143. The second-order valence-corrected chi connectivity index (χ2v) is 9.60. The van der Waals surface area contributed by atoms with E-state index in [0.717, 1.165) is 6.42 Å². The van der Waals surface area contributed by atoms with E-state index in [2.05, 4.69) is 10.7 Å². The quantitative estimate of drug-likeness (QED) is 0.119. The van der Waals surface area contributed by atoms with E-state index in [4.69, 9.17) is 5.21 Å². The van der Waals surface area contributed by atoms with Crippen LogP contribution in [0.1, 0.15) is 47.7 Å². The number of benzene rings is 3. The molecule has 0 radical (unpaired) electrons. The van der Waals surface area contributed by atoms with E-state index in [-0.39, 0.29) is 30.9 Å². The summed E-state index contributed by atoms with van der Waals surface area (Å²) < 4.78 is 0. The standard InChI is InChI=1S/C31H34N4O7/c1-2-3-13-28(37)35(20-22-14-16-23(17-15-22)24-11-7-8-12-25(24)31(40)41)33-27(36)19-32-29(38)26(30(39)34-42)18-21-9-5-4-6-10-21/h4-12,14-17,26,42H,2-3,13,18-20H2,1H3,(H,32,38)(H,33,36)(H,34,39)(H,40,41). The fourth-order valence-corrected chi connectivity index (χ4v) is 4.26. The van der Waals surface area contributed by atoms with Crippen LogP contribution in [-0.2, 0) is 32.1 Å². The zero-order valence-corrected chi connectivity index (χ0v) is 23.2. The van der Waals surface area contributed by atoms with Crippen molar-refractivity contribution in [3.63, 3.8) is 0 Å². The fourth-order valence-electron chi connectivity index (χ4n) is 4.26. The van der Waals surface area contributed by atoms with Crippen LogP contribution in [0.15, 0.2) is 78.9 Å². The number of unbranched alkanes of at least 4 members (excludes halogenated alkanes) is 1. The molecule has 0 saturated heterocycles. The van der Waals surface area contributed by atoms with Crippen LogP contribution in [0, 0.1) is 5.92 Å². The number of amides is 4. The van der Waals surface area contributed by atoms with Crippen molar-refractivity contribution in [1.82, 2.24) is 21.2 Å². The van der Waals surface area contributed by atoms with Gasteiger partial charge in [-0.15, -0.1) is 0 Å². The van der Waals surface area contributed by atoms with Gasteiger partial charge in [-0.2, -0.15) is 0 Å². The summed E-state index contributed by atoms with van der Waals surface area (Å²) in [5.74, 6) is -5.00. The van der Waals surface area contributed by atoms with Crippen molar-refractivity contribution in [3.8, 4) is 11.1 Å². The van der Waals surface area contributed by atoms with E-state index < -0.39 is 36.2 Å². The molecule has 0 aliphatic heterocycles. The highest BCUT2D eigenvalue weighted by Gasteiger charge is 2.27. The molecular weight excluding hydrogens is 540 g/mol. The van der Waals surface area contributed by atoms with Crippen LogP contribution in [0.2, 0.25) is 0 Å². The van der Waals surface area contributed by atoms with Gasteiger partial charge in [-0.1, -0.05) is 86.1 Å². The molecule has 0 saturated carbocycles. The Labute approximate surface area is 243 Å². The lowest BCUT2D eigenvalue weighted by atomic mass is 9.98. The van der Waals surface area contributed by atoms with Gasteiger partial charge < -0.3 is 10.4 Å². The summed E-state index contributed by atoms with van der Waals surface area (Å²) in [5, 5.41) is 22.2. The van der Waals surface area contributed by atoms with Crippen LogP contribution in [0.4, 0.5) is 0 Å². The molecule has 3 rings (SSSR count). The summed E-state index contributed by atoms with van der Waals surface area (Å²) in [6, 6.07) is 22.3. The first-order valence-electron chi connectivity index (χ1n) is 13.5. The van der Waals surface area contributed by atoms with Crippen molar-refractivity contribution in [2.75, 3.05) is 6.54 Å². The normalized spacial score (nSPS) is 11.2. The van der Waals surface area contributed by atoms with Crippen molar-refractivity contribution >= 4 is 29.6 Å². The maximum atomic E-state index is 12.9. The van der Waals surface area contributed by atoms with E-state index >= 15 is 0 Å². The fraction of sp³-hybridized carbons (Fsp3) is 0.258. The molecule has 4 amide bonds. The molecule has 11 heteroatoms. The molecule has 0 aliphatic carbocycles. The Morgan fingerprint density at radius 2 is 1.50 bits per heavy atom. The minimum absolute atomic E-state index is 0.00918. The minimum Gasteiger partial charge on any atom is -0.478 e. The summed E-state index contributed by atoms with van der Waals surface area (Å²) in [6.45, 7) is 1.46. The van der Waals surface area contributed by atoms with Gasteiger partial charge in [-0.25, -0.2) is 15.3 Å². The number of nitrogens with one attached hydrogen (secondary N) is 3. The average Bonchev–Trinajstić information content (AvgIpc) is 3.01. The first-order chi connectivity index (χ1) is 20.2. The van der Waals surface area contributed by atoms with E-state index in [1.165, 1.54) is 16.6 Å². The van der Waals surface area contributed by atoms with Crippen molar-refractivity contribution in [2.24, 2.45) is 5.92 Å². The molecule has 42 heavy (non-hydrogen) atoms. The number of hydrogen-bond donors (Lipinski definition) is 5. The molecular formula is C31H34N4O7. The number of hydrogen-bond acceptors (Lipinski definition) is 6. The summed E-state index contributed by atoms with van der Waals surface area (Å²) in [5.41, 5.74) is 6.80. The molecule has 0 aliphatic rings. The minimum atomic E-state index is -1.28. The first-order valence-corrected chi connectivity index (χ1v) is 13.5. The van der Waals surface area contributed by atoms with Gasteiger partial charge in [-0.3, -0.25) is 29.8 Å². The van der Waals surface area contributed by atoms with Gasteiger partial charge in [0.25, 0.3) is 11.8 Å². The van der Waals surface area contributed by atoms with E-state index in [0.29, 0.717) is 28.7 Å². The Morgan fingerprint density at radius 1 is 0.833 bits per heavy atom. The predicted octanol–water partition coefficient (Wildman–Crippen LogP) is 3.08. The van der Waals surface area contributed by atoms with Gasteiger partial charge in [0.05, 0.1) is 18.7 Å². The van der Waals surface area contributed by atoms with Gasteiger partial charge in [0, 0.05) is 6.42 Å². The van der Waals surface area contributed by atoms with Crippen LogP contribution in [0.3, 0.4) is 0 Å². The number of carboxylic acids is 1. The van der Waals surface area contributed by atoms with Gasteiger partial charge >= 0.3 is 5.97 Å². The molecule has 220 valence electrons. The summed E-state index contributed by atoms with van der Waals surface area (Å²) in [7, 11) is 0. The van der Waals surface area contributed by atoms with Gasteiger partial charge in [0.15, 0.2) is 0 Å². The van der Waals surface area contributed by atoms with Crippen molar-refractivity contribution in [1.29, 1.82) is 0 Å². The number of nitrogens with zero attached hydrogens (tertiary/aromatic N) is 1. The number of carbonyl (C=O) groups is 5. The lowest BCUT2D eigenvalue weighted by Crippen LogP contribution is -2.50. The van der Waals surface area contributed by atoms with Gasteiger partial charge in [0.1, 0.15) is 5.92 Å². The Morgan fingerprint density at radius 3 is 2.14 bits per heavy atom. The van der Waals surface area contributed by atoms with Crippen LogP contribution < -0.4 is 16.2 Å². The maximum Gasteiger partial charge on any atom is 0.336 e. The van der Waals surface area contributed by atoms with Crippen LogP contribution in [0.25, 0.3) is 11.1 Å².